The van der Waals surface area contributed by atoms with Gasteiger partial charge in [-0.25, -0.2) is 0 Å². The van der Waals surface area contributed by atoms with Crippen LogP contribution in [0.5, 0.6) is 0 Å². The van der Waals surface area contributed by atoms with Crippen LogP contribution in [0.4, 0.5) is 0 Å². The molecule has 1 aliphatic heterocycles. The predicted octanol–water partition coefficient (Wildman–Crippen LogP) is 4.34. The van der Waals surface area contributed by atoms with E-state index in [4.69, 9.17) is 16.1 Å². The fourth-order valence-electron chi connectivity index (χ4n) is 3.70. The number of nitrogens with one attached hydrogen (secondary N) is 2. The third-order valence-electron chi connectivity index (χ3n) is 5.36. The highest BCUT2D eigenvalue weighted by Gasteiger charge is 2.20. The standard InChI is InChI=1S/C23H27ClN6O.HI/c1-25-23(26-15-21-28-22(29-31-21)18-8-5-9-19(24)14-18)27-20-10-12-30(13-11-20)16-17-6-3-2-4-7-17;/h2-9,14,20H,10-13,15-16H2,1H3,(H2,25,26,27);1H. The molecule has 1 aliphatic rings. The minimum absolute atomic E-state index is 0. The maximum Gasteiger partial charge on any atom is 0.246 e. The molecule has 2 N–H and O–H groups in total. The van der Waals surface area contributed by atoms with Crippen molar-refractivity contribution in [3.8, 4) is 11.4 Å². The summed E-state index contributed by atoms with van der Waals surface area (Å²) in [5.74, 6) is 1.76. The highest BCUT2D eigenvalue weighted by Crippen LogP contribution is 2.20. The van der Waals surface area contributed by atoms with Gasteiger partial charge in [0, 0.05) is 43.3 Å². The van der Waals surface area contributed by atoms with Crippen molar-refractivity contribution in [2.24, 2.45) is 4.99 Å². The number of hydrogen-bond donors (Lipinski definition) is 2. The third-order valence-corrected chi connectivity index (χ3v) is 5.59. The quantitative estimate of drug-likeness (QED) is 0.263. The van der Waals surface area contributed by atoms with E-state index in [9.17, 15) is 0 Å². The van der Waals surface area contributed by atoms with E-state index in [0.29, 0.717) is 29.3 Å². The van der Waals surface area contributed by atoms with E-state index in [1.54, 1.807) is 7.05 Å². The molecule has 1 saturated heterocycles. The highest BCUT2D eigenvalue weighted by atomic mass is 127. The minimum Gasteiger partial charge on any atom is -0.354 e. The van der Waals surface area contributed by atoms with E-state index in [1.165, 1.54) is 5.56 Å². The number of hydrogen-bond acceptors (Lipinski definition) is 5. The molecule has 0 amide bonds. The lowest BCUT2D eigenvalue weighted by Gasteiger charge is -2.33. The van der Waals surface area contributed by atoms with Crippen molar-refractivity contribution in [2.75, 3.05) is 20.1 Å². The largest absolute Gasteiger partial charge is 0.354 e. The van der Waals surface area contributed by atoms with Gasteiger partial charge in [-0.15, -0.1) is 24.0 Å². The van der Waals surface area contributed by atoms with E-state index in [0.717, 1.165) is 44.0 Å². The van der Waals surface area contributed by atoms with Gasteiger partial charge in [0.05, 0.1) is 6.54 Å². The third kappa shape index (κ3) is 6.91. The number of halogens is 2. The number of piperidine rings is 1. The van der Waals surface area contributed by atoms with Gasteiger partial charge in [-0.05, 0) is 30.5 Å². The summed E-state index contributed by atoms with van der Waals surface area (Å²) in [5.41, 5.74) is 2.19. The van der Waals surface area contributed by atoms with Crippen LogP contribution >= 0.6 is 35.6 Å². The Morgan fingerprint density at radius 3 is 2.66 bits per heavy atom. The zero-order chi connectivity index (χ0) is 21.5. The molecule has 3 aromatic rings. The fraction of sp³-hybridized carbons (Fsp3) is 0.348. The lowest BCUT2D eigenvalue weighted by atomic mass is 10.0. The molecule has 0 spiro atoms. The lowest BCUT2D eigenvalue weighted by molar-refractivity contribution is 0.198. The zero-order valence-electron chi connectivity index (χ0n) is 18.0. The van der Waals surface area contributed by atoms with Crippen molar-refractivity contribution in [2.45, 2.75) is 32.0 Å². The molecule has 4 rings (SSSR count). The summed E-state index contributed by atoms with van der Waals surface area (Å²) in [5, 5.41) is 11.5. The van der Waals surface area contributed by atoms with Crippen LogP contribution in [0.1, 0.15) is 24.3 Å². The van der Waals surface area contributed by atoms with Gasteiger partial charge in [0.2, 0.25) is 11.7 Å². The number of aliphatic imine (C=N–C) groups is 1. The summed E-state index contributed by atoms with van der Waals surface area (Å²) < 4.78 is 5.36. The van der Waals surface area contributed by atoms with Crippen molar-refractivity contribution in [3.05, 3.63) is 71.1 Å². The SMILES string of the molecule is CN=C(NCc1nc(-c2cccc(Cl)c2)no1)NC1CCN(Cc2ccccc2)CC1.I. The first-order valence-corrected chi connectivity index (χ1v) is 10.9. The molecule has 1 fully saturated rings. The maximum absolute atomic E-state index is 6.04. The first-order chi connectivity index (χ1) is 15.2. The lowest BCUT2D eigenvalue weighted by Crippen LogP contribution is -2.48. The average molecular weight is 567 g/mol. The summed E-state index contributed by atoms with van der Waals surface area (Å²) >= 11 is 6.04. The highest BCUT2D eigenvalue weighted by molar-refractivity contribution is 14.0. The van der Waals surface area contributed by atoms with Crippen molar-refractivity contribution in [3.63, 3.8) is 0 Å². The predicted molar refractivity (Wildman–Crippen MR) is 138 cm³/mol. The second kappa shape index (κ2) is 12.2. The van der Waals surface area contributed by atoms with E-state index in [1.807, 2.05) is 24.3 Å². The summed E-state index contributed by atoms with van der Waals surface area (Å²) in [6.07, 6.45) is 2.15. The molecule has 32 heavy (non-hydrogen) atoms. The number of aromatic nitrogens is 2. The van der Waals surface area contributed by atoms with Crippen LogP contribution in [0.3, 0.4) is 0 Å². The molecule has 0 bridgehead atoms. The van der Waals surface area contributed by atoms with Gasteiger partial charge in [0.1, 0.15) is 0 Å². The summed E-state index contributed by atoms with van der Waals surface area (Å²) in [6, 6.07) is 18.4. The Hall–Kier alpha value is -2.17. The molecule has 0 saturated carbocycles. The number of guanidine groups is 1. The van der Waals surface area contributed by atoms with Gasteiger partial charge >= 0.3 is 0 Å². The molecule has 7 nitrogen and oxygen atoms in total. The number of likely N-dealkylation sites (tertiary alicyclic amines) is 1. The molecular formula is C23H28ClIN6O. The van der Waals surface area contributed by atoms with Crippen LogP contribution in [0.15, 0.2) is 64.1 Å². The molecule has 0 radical (unpaired) electrons. The smallest absolute Gasteiger partial charge is 0.246 e. The Labute approximate surface area is 210 Å². The van der Waals surface area contributed by atoms with E-state index < -0.39 is 0 Å². The summed E-state index contributed by atoms with van der Waals surface area (Å²) in [4.78, 5) is 11.3. The molecule has 2 aromatic carbocycles. The molecule has 0 atom stereocenters. The Bertz CT molecular complexity index is 1000. The molecule has 2 heterocycles. The molecular weight excluding hydrogens is 539 g/mol. The normalized spacial score (nSPS) is 15.2. The van der Waals surface area contributed by atoms with E-state index >= 15 is 0 Å². The van der Waals surface area contributed by atoms with Crippen molar-refractivity contribution < 1.29 is 4.52 Å². The fourth-order valence-corrected chi connectivity index (χ4v) is 3.89. The second-order valence-electron chi connectivity index (χ2n) is 7.63. The zero-order valence-corrected chi connectivity index (χ0v) is 21.1. The van der Waals surface area contributed by atoms with Gasteiger partial charge in [-0.2, -0.15) is 4.98 Å². The molecule has 0 unspecified atom stereocenters. The topological polar surface area (TPSA) is 78.6 Å². The van der Waals surface area contributed by atoms with Crippen LogP contribution in [-0.2, 0) is 13.1 Å². The molecule has 0 aliphatic carbocycles. The van der Waals surface area contributed by atoms with Crippen LogP contribution < -0.4 is 10.6 Å². The van der Waals surface area contributed by atoms with Crippen molar-refractivity contribution >= 4 is 41.5 Å². The van der Waals surface area contributed by atoms with Gasteiger partial charge in [-0.1, -0.05) is 59.2 Å². The summed E-state index contributed by atoms with van der Waals surface area (Å²) in [7, 11) is 1.77. The molecule has 1 aromatic heterocycles. The number of nitrogens with zero attached hydrogens (tertiary/aromatic N) is 4. The van der Waals surface area contributed by atoms with Gasteiger partial charge in [0.25, 0.3) is 0 Å². The van der Waals surface area contributed by atoms with Crippen molar-refractivity contribution in [1.29, 1.82) is 0 Å². The molecule has 170 valence electrons. The maximum atomic E-state index is 6.04. The minimum atomic E-state index is 0. The van der Waals surface area contributed by atoms with Gasteiger partial charge in [0.15, 0.2) is 5.96 Å². The monoisotopic (exact) mass is 566 g/mol. The van der Waals surface area contributed by atoms with Crippen LogP contribution in [0, 0.1) is 0 Å². The second-order valence-corrected chi connectivity index (χ2v) is 8.06. The summed E-state index contributed by atoms with van der Waals surface area (Å²) in [6.45, 7) is 3.54. The van der Waals surface area contributed by atoms with Crippen LogP contribution in [0.2, 0.25) is 5.02 Å². The Balaban J connectivity index is 0.00000289. The first-order valence-electron chi connectivity index (χ1n) is 10.5. The Morgan fingerprint density at radius 2 is 1.94 bits per heavy atom. The Morgan fingerprint density at radius 1 is 1.16 bits per heavy atom. The van der Waals surface area contributed by atoms with Crippen LogP contribution in [-0.4, -0.2) is 47.2 Å². The average Bonchev–Trinajstić information content (AvgIpc) is 3.28. The van der Waals surface area contributed by atoms with Gasteiger partial charge in [-0.3, -0.25) is 9.89 Å². The number of benzene rings is 2. The Kier molecular flexibility index (Phi) is 9.31. The van der Waals surface area contributed by atoms with E-state index in [-0.39, 0.29) is 24.0 Å². The van der Waals surface area contributed by atoms with Gasteiger partial charge < -0.3 is 15.2 Å². The molecule has 9 heteroatoms. The van der Waals surface area contributed by atoms with Crippen LogP contribution in [0.25, 0.3) is 11.4 Å². The number of rotatable bonds is 6. The van der Waals surface area contributed by atoms with E-state index in [2.05, 4.69) is 61.0 Å². The first kappa shape index (κ1) is 24.5. The van der Waals surface area contributed by atoms with Crippen molar-refractivity contribution in [1.82, 2.24) is 25.7 Å².